The zero-order valence-corrected chi connectivity index (χ0v) is 8.12. The van der Waals surface area contributed by atoms with Gasteiger partial charge in [0.1, 0.15) is 0 Å². The molecule has 0 aromatic carbocycles. The highest BCUT2D eigenvalue weighted by atomic mass is 79.9. The number of rotatable bonds is 3. The summed E-state index contributed by atoms with van der Waals surface area (Å²) in [5, 5.41) is 0. The Hall–Kier alpha value is 0.907. The Bertz CT molecular complexity index is 60.0. The second kappa shape index (κ2) is 3.84. The number of alkyl halides is 1. The topological polar surface area (TPSA) is 18.5 Å². The highest BCUT2D eigenvalue weighted by Crippen LogP contribution is 2.12. The molecular formula is C3H8BrClO2Si. The van der Waals surface area contributed by atoms with E-state index in [0.717, 1.165) is 0 Å². The predicted molar refractivity (Wildman–Crippen MR) is 39.4 cm³/mol. The Balaban J connectivity index is 3.58. The maximum Gasteiger partial charge on any atom is 0.453 e. The van der Waals surface area contributed by atoms with Gasteiger partial charge in [0, 0.05) is 14.2 Å². The molecule has 0 rings (SSSR count). The Morgan fingerprint density at radius 2 is 1.88 bits per heavy atom. The highest BCUT2D eigenvalue weighted by Gasteiger charge is 2.31. The third-order valence-electron chi connectivity index (χ3n) is 0.769. The minimum absolute atomic E-state index is 0.592. The first-order chi connectivity index (χ1) is 3.68. The lowest BCUT2D eigenvalue weighted by Crippen LogP contribution is -2.35. The summed E-state index contributed by atoms with van der Waals surface area (Å²) in [5.74, 6) is 0. The molecule has 8 heavy (non-hydrogen) atoms. The van der Waals surface area contributed by atoms with Gasteiger partial charge in [-0.05, 0) is 0 Å². The second-order valence-electron chi connectivity index (χ2n) is 1.20. The molecule has 0 aromatic rings. The van der Waals surface area contributed by atoms with Gasteiger partial charge in [-0.3, -0.25) is 0 Å². The second-order valence-corrected chi connectivity index (χ2v) is 7.02. The Kier molecular flexibility index (Phi) is 4.28. The van der Waals surface area contributed by atoms with Crippen LogP contribution in [-0.2, 0) is 8.85 Å². The molecule has 0 amide bonds. The Morgan fingerprint density at radius 1 is 1.50 bits per heavy atom. The van der Waals surface area contributed by atoms with Crippen molar-refractivity contribution in [3.63, 3.8) is 0 Å². The molecule has 0 heterocycles. The molecule has 2 nitrogen and oxygen atoms in total. The molecule has 0 aliphatic heterocycles. The van der Waals surface area contributed by atoms with E-state index < -0.39 is 7.87 Å². The maximum absolute atomic E-state index is 5.74. The number of hydrogen-bond acceptors (Lipinski definition) is 2. The fraction of sp³-hybridized carbons (Fsp3) is 1.00. The van der Waals surface area contributed by atoms with E-state index >= 15 is 0 Å². The molecule has 0 saturated heterocycles. The fourth-order valence-electron chi connectivity index (χ4n) is 0.192. The largest absolute Gasteiger partial charge is 0.453 e. The summed E-state index contributed by atoms with van der Waals surface area (Å²) in [6, 6.07) is 0. The average molecular weight is 220 g/mol. The van der Waals surface area contributed by atoms with E-state index in [9.17, 15) is 0 Å². The van der Waals surface area contributed by atoms with Crippen molar-refractivity contribution in [1.29, 1.82) is 0 Å². The highest BCUT2D eigenvalue weighted by molar-refractivity contribution is 9.09. The van der Waals surface area contributed by atoms with Gasteiger partial charge >= 0.3 is 7.87 Å². The van der Waals surface area contributed by atoms with E-state index in [1.165, 1.54) is 0 Å². The summed E-state index contributed by atoms with van der Waals surface area (Å²) >= 11 is 8.91. The molecule has 0 radical (unpaired) electrons. The normalized spacial score (nSPS) is 12.0. The van der Waals surface area contributed by atoms with Gasteiger partial charge in [0.2, 0.25) is 0 Å². The van der Waals surface area contributed by atoms with E-state index in [-0.39, 0.29) is 0 Å². The lowest BCUT2D eigenvalue weighted by atomic mass is 11.8. The Morgan fingerprint density at radius 3 is 1.88 bits per heavy atom. The maximum atomic E-state index is 5.74. The minimum Gasteiger partial charge on any atom is -0.386 e. The zero-order valence-electron chi connectivity index (χ0n) is 4.78. The van der Waals surface area contributed by atoms with Gasteiger partial charge in [-0.15, -0.1) is 0 Å². The summed E-state index contributed by atoms with van der Waals surface area (Å²) in [6.07, 6.45) is 0. The van der Waals surface area contributed by atoms with Crippen LogP contribution in [0.1, 0.15) is 0 Å². The van der Waals surface area contributed by atoms with Crippen molar-refractivity contribution in [3.8, 4) is 0 Å². The molecule has 50 valence electrons. The van der Waals surface area contributed by atoms with Gasteiger partial charge in [-0.1, -0.05) is 27.0 Å². The van der Waals surface area contributed by atoms with E-state index in [2.05, 4.69) is 15.9 Å². The van der Waals surface area contributed by atoms with Gasteiger partial charge in [-0.25, -0.2) is 0 Å². The molecule has 0 aromatic heterocycles. The van der Waals surface area contributed by atoms with Crippen LogP contribution in [0.3, 0.4) is 0 Å². The van der Waals surface area contributed by atoms with Crippen molar-refractivity contribution in [1.82, 2.24) is 0 Å². The average Bonchev–Trinajstić information content (AvgIpc) is 1.87. The predicted octanol–water partition coefficient (Wildman–Crippen LogP) is 1.39. The molecule has 0 bridgehead atoms. The molecule has 0 atom stereocenters. The van der Waals surface area contributed by atoms with E-state index in [1.807, 2.05) is 0 Å². The summed E-state index contributed by atoms with van der Waals surface area (Å²) < 4.78 is 9.74. The third-order valence-corrected chi connectivity index (χ3v) is 6.82. The van der Waals surface area contributed by atoms with Crippen molar-refractivity contribution in [2.24, 2.45) is 0 Å². The van der Waals surface area contributed by atoms with Crippen molar-refractivity contribution < 1.29 is 8.85 Å². The standard InChI is InChI=1S/C3H8BrClO2Si/c1-6-8(5,3-4)7-2/h3H2,1-2H3. The molecule has 0 N–H and O–H groups in total. The van der Waals surface area contributed by atoms with E-state index in [0.29, 0.717) is 4.95 Å². The first kappa shape index (κ1) is 8.91. The molecular weight excluding hydrogens is 211 g/mol. The van der Waals surface area contributed by atoms with Crippen LogP contribution < -0.4 is 0 Å². The summed E-state index contributed by atoms with van der Waals surface area (Å²) in [6.45, 7) is 0. The van der Waals surface area contributed by atoms with Crippen LogP contribution in [0.15, 0.2) is 0 Å². The monoisotopic (exact) mass is 218 g/mol. The zero-order chi connectivity index (χ0) is 6.62. The molecule has 0 fully saturated rings. The molecule has 0 unspecified atom stereocenters. The first-order valence-corrected chi connectivity index (χ1v) is 6.19. The number of halogens is 2. The van der Waals surface area contributed by atoms with E-state index in [1.54, 1.807) is 14.2 Å². The van der Waals surface area contributed by atoms with Crippen molar-refractivity contribution in [2.45, 2.75) is 0 Å². The van der Waals surface area contributed by atoms with Gasteiger partial charge in [0.15, 0.2) is 0 Å². The van der Waals surface area contributed by atoms with Gasteiger partial charge in [0.05, 0.1) is 4.95 Å². The van der Waals surface area contributed by atoms with Crippen LogP contribution in [0, 0.1) is 0 Å². The lowest BCUT2D eigenvalue weighted by molar-refractivity contribution is 0.273. The van der Waals surface area contributed by atoms with Crippen LogP contribution in [0.4, 0.5) is 0 Å². The van der Waals surface area contributed by atoms with Crippen molar-refractivity contribution >= 4 is 34.9 Å². The van der Waals surface area contributed by atoms with E-state index in [4.69, 9.17) is 19.9 Å². The summed E-state index contributed by atoms with van der Waals surface area (Å²) in [5.41, 5.74) is 0. The third kappa shape index (κ3) is 2.46. The lowest BCUT2D eigenvalue weighted by Gasteiger charge is -2.15. The summed E-state index contributed by atoms with van der Waals surface area (Å²) in [7, 11) is 0.809. The molecule has 5 heteroatoms. The fourth-order valence-corrected chi connectivity index (χ4v) is 1.95. The van der Waals surface area contributed by atoms with Gasteiger partial charge < -0.3 is 8.85 Å². The molecule has 0 saturated carbocycles. The van der Waals surface area contributed by atoms with Crippen LogP contribution >= 0.6 is 27.0 Å². The van der Waals surface area contributed by atoms with Crippen LogP contribution in [0.2, 0.25) is 0 Å². The van der Waals surface area contributed by atoms with Crippen molar-refractivity contribution in [2.75, 3.05) is 19.2 Å². The number of hydrogen-bond donors (Lipinski definition) is 0. The van der Waals surface area contributed by atoms with Crippen LogP contribution in [0.5, 0.6) is 0 Å². The molecule has 0 aliphatic carbocycles. The van der Waals surface area contributed by atoms with Crippen LogP contribution in [0.25, 0.3) is 0 Å². The molecule has 0 aliphatic rings. The smallest absolute Gasteiger partial charge is 0.386 e. The first-order valence-electron chi connectivity index (χ1n) is 2.03. The quantitative estimate of drug-likeness (QED) is 0.406. The van der Waals surface area contributed by atoms with Crippen molar-refractivity contribution in [3.05, 3.63) is 0 Å². The SMILES string of the molecule is CO[Si](Cl)(CBr)OC. The Labute approximate surface area is 63.2 Å². The van der Waals surface area contributed by atoms with Gasteiger partial charge in [0.25, 0.3) is 0 Å². The summed E-state index contributed by atoms with van der Waals surface area (Å²) in [4.78, 5) is 0.592. The molecule has 0 spiro atoms. The van der Waals surface area contributed by atoms with Gasteiger partial charge in [-0.2, -0.15) is 0 Å². The minimum atomic E-state index is -2.28. The van der Waals surface area contributed by atoms with Crippen LogP contribution in [-0.4, -0.2) is 27.0 Å².